The molecule has 0 radical (unpaired) electrons. The van der Waals surface area contributed by atoms with Gasteiger partial charge in [0.05, 0.1) is 8.32 Å². The normalized spacial score (nSPS) is 16.9. The Labute approximate surface area is 432 Å². The van der Waals surface area contributed by atoms with Crippen LogP contribution in [0.1, 0.15) is 132 Å². The summed E-state index contributed by atoms with van der Waals surface area (Å²) in [5.74, 6) is -4.23. The Morgan fingerprint density at radius 3 is 1.66 bits per heavy atom. The molecule has 0 saturated carbocycles. The number of hydrogen-bond acceptors (Lipinski definition) is 4. The number of halogens is 1. The fraction of sp³-hybridized carbons (Fsp3) is 0.262. The third-order valence-electron chi connectivity index (χ3n) is 11.0. The van der Waals surface area contributed by atoms with E-state index in [2.05, 4.69) is 33.2 Å². The van der Waals surface area contributed by atoms with Crippen molar-refractivity contribution in [2.75, 3.05) is 0 Å². The molecule has 338 valence electrons. The molecule has 0 fully saturated rings. The van der Waals surface area contributed by atoms with Crippen LogP contribution in [0.25, 0.3) is 55.7 Å². The van der Waals surface area contributed by atoms with Crippen molar-refractivity contribution >= 4 is 21.9 Å². The summed E-state index contributed by atoms with van der Waals surface area (Å²) >= 11 is 0. The molecule has 5 aromatic carbocycles. The van der Waals surface area contributed by atoms with Gasteiger partial charge in [-0.25, -0.2) is 4.39 Å². The van der Waals surface area contributed by atoms with Crippen molar-refractivity contribution in [3.05, 3.63) is 208 Å². The summed E-state index contributed by atoms with van der Waals surface area (Å²) in [4.78, 5) is 13.6. The van der Waals surface area contributed by atoms with Gasteiger partial charge in [-0.1, -0.05) is 95.8 Å². The zero-order chi connectivity index (χ0) is 60.3. The van der Waals surface area contributed by atoms with Gasteiger partial charge in [0.15, 0.2) is 0 Å². The van der Waals surface area contributed by atoms with E-state index in [1.165, 1.54) is 52.0 Å². The third kappa shape index (κ3) is 10.7. The zero-order valence-electron chi connectivity index (χ0n) is 54.0. The largest absolute Gasteiger partial charge is 3.00 e. The van der Waals surface area contributed by atoms with Gasteiger partial charge in [-0.05, 0) is 135 Å². The Hall–Kier alpha value is -6.07. The average molecular weight is 1080 g/mol. The minimum atomic E-state index is -3.31. The number of aryl methyl sites for hydroxylation is 6. The van der Waals surface area contributed by atoms with Crippen molar-refractivity contribution in [2.24, 2.45) is 0 Å². The van der Waals surface area contributed by atoms with E-state index in [-0.39, 0.29) is 75.9 Å². The predicted molar refractivity (Wildman–Crippen MR) is 268 cm³/mol. The monoisotopic (exact) mass is 1080 g/mol. The summed E-state index contributed by atoms with van der Waals surface area (Å²) in [6, 6.07) is 33.4. The molecule has 0 saturated heterocycles. The van der Waals surface area contributed by atoms with E-state index in [4.69, 9.17) is 9.90 Å². The molecule has 0 unspecified atom stereocenters. The van der Waals surface area contributed by atoms with Gasteiger partial charge in [-0.2, -0.15) is 0 Å². The maximum atomic E-state index is 14.8. The van der Waals surface area contributed by atoms with E-state index in [0.29, 0.717) is 33.3 Å². The first-order chi connectivity index (χ1) is 37.8. The summed E-state index contributed by atoms with van der Waals surface area (Å²) in [6.45, 7) is 11.2. The number of aromatic nitrogens is 3. The van der Waals surface area contributed by atoms with Gasteiger partial charge in [0.1, 0.15) is 11.4 Å². The first kappa shape index (κ1) is 31.1. The molecule has 67 heavy (non-hydrogen) atoms. The SMILES string of the molecule is [2H]c1cc2c(oc3c(-c4cc(C(C)(C)C)c(C([2H])([2H])C([2H])([2H])c5cc(C([2H])([2H])C([2H])([2H])c6cnc(-c7[c-]cccc7)cc6C([2H])(C)C)cc(C([2H])([2H])C([2H])([2H])c6cnc(-c7[c-]cccc7)cc6C([2H])(C)C)c5)cn4)[c-]ccc32)c([2H])c1F.[Ir+3]. The van der Waals surface area contributed by atoms with Gasteiger partial charge in [0.2, 0.25) is 0 Å². The van der Waals surface area contributed by atoms with Crippen LogP contribution in [0.4, 0.5) is 4.39 Å². The van der Waals surface area contributed by atoms with Crippen molar-refractivity contribution in [3.8, 4) is 33.8 Å². The second-order valence-electron chi connectivity index (χ2n) is 17.4. The van der Waals surface area contributed by atoms with Crippen LogP contribution < -0.4 is 0 Å². The number of fused-ring (bicyclic) bond motifs is 3. The Balaban J connectivity index is 0.00000900. The quantitative estimate of drug-likeness (QED) is 0.102. The molecule has 0 atom stereocenters. The Morgan fingerprint density at radius 1 is 0.627 bits per heavy atom. The van der Waals surface area contributed by atoms with Crippen LogP contribution >= 0.6 is 0 Å². The van der Waals surface area contributed by atoms with E-state index in [1.807, 2.05) is 0 Å². The molecule has 0 bridgehead atoms. The van der Waals surface area contributed by atoms with Crippen LogP contribution in [0, 0.1) is 24.0 Å². The van der Waals surface area contributed by atoms with Crippen molar-refractivity contribution < 1.29 is 50.8 Å². The van der Waals surface area contributed by atoms with Gasteiger partial charge in [-0.3, -0.25) is 0 Å². The molecule has 4 nitrogen and oxygen atoms in total. The molecule has 9 rings (SSSR count). The second-order valence-corrected chi connectivity index (χ2v) is 17.4. The van der Waals surface area contributed by atoms with E-state index in [1.54, 1.807) is 81.4 Å². The van der Waals surface area contributed by atoms with Gasteiger partial charge in [0, 0.05) is 49.2 Å². The van der Waals surface area contributed by atoms with Crippen LogP contribution in [0.2, 0.25) is 0 Å². The number of nitrogens with zero attached hydrogens (tertiary/aromatic N) is 3. The number of benzene rings is 5. The molecule has 0 aliphatic rings. The topological polar surface area (TPSA) is 51.8 Å². The van der Waals surface area contributed by atoms with Crippen LogP contribution in [0.5, 0.6) is 0 Å². The molecular formula is C61H57FIrN3O. The molecular weight excluding hydrogens is 1000 g/mol. The Bertz CT molecular complexity index is 3800. The predicted octanol–water partition coefficient (Wildman–Crippen LogP) is 15.2. The number of hydrogen-bond donors (Lipinski definition) is 0. The molecule has 0 N–H and O–H groups in total. The van der Waals surface area contributed by atoms with Crippen LogP contribution in [0.15, 0.2) is 138 Å². The summed E-state index contributed by atoms with van der Waals surface area (Å²) in [6.07, 6.45) is -16.1. The molecule has 9 aromatic rings. The molecule has 0 amide bonds. The molecule has 0 aliphatic heterocycles. The fourth-order valence-electron chi connectivity index (χ4n) is 7.69. The molecule has 6 heteroatoms. The van der Waals surface area contributed by atoms with Crippen LogP contribution in [-0.2, 0) is 63.8 Å². The third-order valence-corrected chi connectivity index (χ3v) is 11.0. The molecule has 0 aliphatic carbocycles. The first-order valence-corrected chi connectivity index (χ1v) is 21.5. The van der Waals surface area contributed by atoms with E-state index in [0.717, 1.165) is 36.8 Å². The summed E-state index contributed by atoms with van der Waals surface area (Å²) in [5.41, 5.74) is -1.78. The van der Waals surface area contributed by atoms with Gasteiger partial charge >= 0.3 is 20.1 Å². The maximum Gasteiger partial charge on any atom is 3.00 e. The second kappa shape index (κ2) is 20.4. The minimum Gasteiger partial charge on any atom is -0.500 e. The van der Waals surface area contributed by atoms with E-state index in [9.17, 15) is 20.8 Å². The number of rotatable bonds is 14. The van der Waals surface area contributed by atoms with Gasteiger partial charge in [0.25, 0.3) is 0 Å². The first-order valence-electron chi connectivity index (χ1n) is 29.5. The van der Waals surface area contributed by atoms with E-state index >= 15 is 0 Å². The van der Waals surface area contributed by atoms with Crippen LogP contribution in [-0.4, -0.2) is 15.0 Å². The van der Waals surface area contributed by atoms with Crippen molar-refractivity contribution in [1.29, 1.82) is 0 Å². The smallest absolute Gasteiger partial charge is 0.500 e. The zero-order valence-corrected chi connectivity index (χ0v) is 40.4. The van der Waals surface area contributed by atoms with Gasteiger partial charge < -0.3 is 19.4 Å². The van der Waals surface area contributed by atoms with Gasteiger partial charge in [-0.15, -0.1) is 90.0 Å². The van der Waals surface area contributed by atoms with Crippen molar-refractivity contribution in [1.82, 2.24) is 15.0 Å². The van der Waals surface area contributed by atoms with Crippen LogP contribution in [0.3, 0.4) is 0 Å². The fourth-order valence-corrected chi connectivity index (χ4v) is 7.69. The molecule has 4 aromatic heterocycles. The molecule has 4 heterocycles. The Morgan fingerprint density at radius 2 is 1.15 bits per heavy atom. The number of pyridine rings is 3. The van der Waals surface area contributed by atoms with Crippen molar-refractivity contribution in [3.63, 3.8) is 0 Å². The standard InChI is InChI=1S/C61H57FN3O.Ir/c1-39(2)53-33-56(44-15-10-8-11-16-44)63-36-46(53)24-21-41-29-42(22-25-47-37-64-57(34-54(47)40(3)4)45-17-12-9-13-18-45)31-43(30-41)23-26-48-38-65-58(35-55(48)61(5,6)7)52-20-14-19-51-50-28-27-49(62)32-59(50)66-60(51)52;/h8-15,17,19,27-40H,21-26H2,1-7H3;/q-3;+3/i21D2,22D2,23D2,24D2,25D2,26D2,27D,32D,39D,40D;. The Kier molecular flexibility index (Phi) is 9.47. The van der Waals surface area contributed by atoms with E-state index < -0.39 is 90.0 Å². The minimum absolute atomic E-state index is 0. The molecule has 0 spiro atoms. The van der Waals surface area contributed by atoms with Crippen molar-refractivity contribution in [2.45, 2.75) is 104 Å². The average Bonchev–Trinajstić information content (AvgIpc) is 1.41. The number of furan rings is 1. The summed E-state index contributed by atoms with van der Waals surface area (Å²) in [5, 5.41) is 0.715. The summed E-state index contributed by atoms with van der Waals surface area (Å²) in [7, 11) is 0. The summed E-state index contributed by atoms with van der Waals surface area (Å²) < 4.78 is 173. The maximum absolute atomic E-state index is 14.8.